The highest BCUT2D eigenvalue weighted by Crippen LogP contribution is 2.27. The van der Waals surface area contributed by atoms with E-state index in [-0.39, 0.29) is 5.41 Å². The van der Waals surface area contributed by atoms with Gasteiger partial charge in [0.1, 0.15) is 5.78 Å². The molecule has 0 aliphatic heterocycles. The topological polar surface area (TPSA) is 17.1 Å². The van der Waals surface area contributed by atoms with E-state index in [1.54, 1.807) is 6.92 Å². The van der Waals surface area contributed by atoms with Gasteiger partial charge in [-0.2, -0.15) is 0 Å². The molecule has 0 aliphatic rings. The Kier molecular flexibility index (Phi) is 3.07. The fourth-order valence-electron chi connectivity index (χ4n) is 0.737. The lowest BCUT2D eigenvalue weighted by atomic mass is 9.79. The lowest BCUT2D eigenvalue weighted by Gasteiger charge is -2.25. The van der Waals surface area contributed by atoms with Crippen LogP contribution in [-0.4, -0.2) is 5.78 Å². The summed E-state index contributed by atoms with van der Waals surface area (Å²) in [6.07, 6.45) is 0.712. The van der Waals surface area contributed by atoms with Crippen LogP contribution < -0.4 is 0 Å². The third kappa shape index (κ3) is 3.65. The van der Waals surface area contributed by atoms with Crippen molar-refractivity contribution in [1.29, 1.82) is 0 Å². The predicted molar refractivity (Wildman–Crippen MR) is 43.9 cm³/mol. The maximum Gasteiger partial charge on any atom is 0.130 e. The number of hydrogen-bond acceptors (Lipinski definition) is 1. The Labute approximate surface area is 63.8 Å². The van der Waals surface area contributed by atoms with Gasteiger partial charge in [0.2, 0.25) is 0 Å². The van der Waals surface area contributed by atoms with Crippen molar-refractivity contribution in [2.24, 2.45) is 11.3 Å². The largest absolute Gasteiger partial charge is 0.300 e. The van der Waals surface area contributed by atoms with Gasteiger partial charge in [0, 0.05) is 6.42 Å². The molecule has 0 aliphatic carbocycles. The van der Waals surface area contributed by atoms with Gasteiger partial charge in [0.25, 0.3) is 0 Å². The van der Waals surface area contributed by atoms with Gasteiger partial charge in [-0.25, -0.2) is 0 Å². The summed E-state index contributed by atoms with van der Waals surface area (Å²) in [5.74, 6) is 0.785. The SMILES string of the molecule is CC(=O)C[C@H](C)C(C)(C)C. The van der Waals surface area contributed by atoms with Crippen molar-refractivity contribution in [3.8, 4) is 0 Å². The molecule has 0 amide bonds. The Morgan fingerprint density at radius 3 is 1.90 bits per heavy atom. The Hall–Kier alpha value is -0.330. The van der Waals surface area contributed by atoms with Crippen LogP contribution in [0.2, 0.25) is 0 Å². The molecule has 0 aromatic rings. The first-order chi connectivity index (χ1) is 4.34. The molecule has 0 unspecified atom stereocenters. The molecule has 10 heavy (non-hydrogen) atoms. The average Bonchev–Trinajstić information content (AvgIpc) is 1.60. The lowest BCUT2D eigenvalue weighted by Crippen LogP contribution is -2.19. The first-order valence-corrected chi connectivity index (χ1v) is 3.83. The molecular formula is C9H18O. The van der Waals surface area contributed by atoms with E-state index in [1.165, 1.54) is 0 Å². The monoisotopic (exact) mass is 142 g/mol. The molecule has 0 spiro atoms. The molecule has 0 rings (SSSR count). The number of Topliss-reactive ketones (excluding diaryl/α,β-unsaturated/α-hetero) is 1. The fourth-order valence-corrected chi connectivity index (χ4v) is 0.737. The first-order valence-electron chi connectivity index (χ1n) is 3.83. The van der Waals surface area contributed by atoms with Gasteiger partial charge < -0.3 is 4.79 Å². The molecule has 0 bridgehead atoms. The van der Waals surface area contributed by atoms with Crippen molar-refractivity contribution in [1.82, 2.24) is 0 Å². The van der Waals surface area contributed by atoms with Crippen molar-refractivity contribution in [3.05, 3.63) is 0 Å². The zero-order valence-corrected chi connectivity index (χ0v) is 7.69. The van der Waals surface area contributed by atoms with Crippen LogP contribution in [0, 0.1) is 11.3 Å². The number of hydrogen-bond donors (Lipinski definition) is 0. The molecule has 0 saturated carbocycles. The third-order valence-electron chi connectivity index (χ3n) is 2.07. The summed E-state index contributed by atoms with van der Waals surface area (Å²) in [5, 5.41) is 0. The summed E-state index contributed by atoms with van der Waals surface area (Å²) < 4.78 is 0. The molecule has 0 fully saturated rings. The Morgan fingerprint density at radius 2 is 1.80 bits per heavy atom. The molecule has 1 heteroatoms. The highest BCUT2D eigenvalue weighted by atomic mass is 16.1. The summed E-state index contributed by atoms with van der Waals surface area (Å²) in [7, 11) is 0. The first kappa shape index (κ1) is 9.67. The minimum Gasteiger partial charge on any atom is -0.300 e. The molecule has 0 saturated heterocycles. The summed E-state index contributed by atoms with van der Waals surface area (Å²) in [5.41, 5.74) is 0.270. The van der Waals surface area contributed by atoms with E-state index in [2.05, 4.69) is 27.7 Å². The quantitative estimate of drug-likeness (QED) is 0.579. The van der Waals surface area contributed by atoms with E-state index in [9.17, 15) is 4.79 Å². The van der Waals surface area contributed by atoms with E-state index in [1.807, 2.05) is 0 Å². The van der Waals surface area contributed by atoms with E-state index < -0.39 is 0 Å². The number of carbonyl (C=O) groups excluding carboxylic acids is 1. The molecule has 1 nitrogen and oxygen atoms in total. The minimum absolute atomic E-state index is 0.270. The molecule has 0 heterocycles. The van der Waals surface area contributed by atoms with Gasteiger partial charge in [0.05, 0.1) is 0 Å². The third-order valence-corrected chi connectivity index (χ3v) is 2.07. The van der Waals surface area contributed by atoms with E-state index >= 15 is 0 Å². The second kappa shape index (κ2) is 3.18. The maximum atomic E-state index is 10.7. The van der Waals surface area contributed by atoms with Gasteiger partial charge in [-0.1, -0.05) is 27.7 Å². The zero-order chi connectivity index (χ0) is 8.36. The molecule has 0 radical (unpaired) electrons. The van der Waals surface area contributed by atoms with Gasteiger partial charge in [-0.15, -0.1) is 0 Å². The normalized spacial score (nSPS) is 14.9. The van der Waals surface area contributed by atoms with E-state index in [0.29, 0.717) is 18.1 Å². The Morgan fingerprint density at radius 1 is 1.40 bits per heavy atom. The second-order valence-electron chi connectivity index (χ2n) is 4.17. The molecule has 0 aromatic carbocycles. The second-order valence-corrected chi connectivity index (χ2v) is 4.17. The maximum absolute atomic E-state index is 10.7. The van der Waals surface area contributed by atoms with Crippen LogP contribution in [0.5, 0.6) is 0 Å². The van der Waals surface area contributed by atoms with Gasteiger partial charge in [0.15, 0.2) is 0 Å². The minimum atomic E-state index is 0.270. The lowest BCUT2D eigenvalue weighted by molar-refractivity contribution is -0.118. The highest BCUT2D eigenvalue weighted by Gasteiger charge is 2.20. The van der Waals surface area contributed by atoms with Crippen LogP contribution in [-0.2, 0) is 4.79 Å². The number of rotatable bonds is 2. The zero-order valence-electron chi connectivity index (χ0n) is 7.69. The summed E-state index contributed by atoms with van der Waals surface area (Å²) in [6.45, 7) is 10.3. The molecule has 60 valence electrons. The smallest absolute Gasteiger partial charge is 0.130 e. The highest BCUT2D eigenvalue weighted by molar-refractivity contribution is 5.75. The van der Waals surface area contributed by atoms with Crippen LogP contribution in [0.1, 0.15) is 41.0 Å². The van der Waals surface area contributed by atoms with E-state index in [4.69, 9.17) is 0 Å². The van der Waals surface area contributed by atoms with E-state index in [0.717, 1.165) is 0 Å². The molecule has 0 aromatic heterocycles. The van der Waals surface area contributed by atoms with Crippen molar-refractivity contribution in [2.75, 3.05) is 0 Å². The Balaban J connectivity index is 3.85. The summed E-state index contributed by atoms with van der Waals surface area (Å²) in [6, 6.07) is 0. The molecule has 0 N–H and O–H groups in total. The van der Waals surface area contributed by atoms with Crippen molar-refractivity contribution in [3.63, 3.8) is 0 Å². The van der Waals surface area contributed by atoms with Crippen molar-refractivity contribution in [2.45, 2.75) is 41.0 Å². The van der Waals surface area contributed by atoms with Gasteiger partial charge in [-0.3, -0.25) is 0 Å². The van der Waals surface area contributed by atoms with Crippen LogP contribution in [0.15, 0.2) is 0 Å². The van der Waals surface area contributed by atoms with Crippen molar-refractivity contribution < 1.29 is 4.79 Å². The molecular weight excluding hydrogens is 124 g/mol. The summed E-state index contributed by atoms with van der Waals surface area (Å²) in [4.78, 5) is 10.7. The average molecular weight is 142 g/mol. The standard InChI is InChI=1S/C9H18O/c1-7(6-8(2)10)9(3,4)5/h7H,6H2,1-5H3/t7-/m0/s1. The predicted octanol–water partition coefficient (Wildman–Crippen LogP) is 2.65. The van der Waals surface area contributed by atoms with Crippen LogP contribution >= 0.6 is 0 Å². The summed E-state index contributed by atoms with van der Waals surface area (Å²) >= 11 is 0. The van der Waals surface area contributed by atoms with Gasteiger partial charge in [-0.05, 0) is 18.3 Å². The number of carbonyl (C=O) groups is 1. The fraction of sp³-hybridized carbons (Fsp3) is 0.889. The molecule has 1 atom stereocenters. The van der Waals surface area contributed by atoms with Crippen LogP contribution in [0.4, 0.5) is 0 Å². The number of ketones is 1. The van der Waals surface area contributed by atoms with Crippen molar-refractivity contribution >= 4 is 5.78 Å². The Bertz CT molecular complexity index is 119. The van der Waals surface area contributed by atoms with Crippen LogP contribution in [0.3, 0.4) is 0 Å². The van der Waals surface area contributed by atoms with Crippen LogP contribution in [0.25, 0.3) is 0 Å². The van der Waals surface area contributed by atoms with Gasteiger partial charge >= 0.3 is 0 Å².